The Labute approximate surface area is 147 Å². The van der Waals surface area contributed by atoms with E-state index in [1.165, 1.54) is 0 Å². The van der Waals surface area contributed by atoms with Crippen LogP contribution in [0.2, 0.25) is 5.02 Å². The van der Waals surface area contributed by atoms with Gasteiger partial charge in [-0.15, -0.1) is 0 Å². The third-order valence-corrected chi connectivity index (χ3v) is 4.62. The molecule has 0 bridgehead atoms. The number of hydrogen-bond acceptors (Lipinski definition) is 4. The molecule has 1 unspecified atom stereocenters. The molecule has 1 fully saturated rings. The quantitative estimate of drug-likeness (QED) is 0.858. The van der Waals surface area contributed by atoms with Gasteiger partial charge in [0.1, 0.15) is 0 Å². The van der Waals surface area contributed by atoms with E-state index in [0.29, 0.717) is 23.1 Å². The largest absolute Gasteiger partial charge is 0.339 e. The van der Waals surface area contributed by atoms with Crippen LogP contribution in [0.3, 0.4) is 0 Å². The zero-order valence-electron chi connectivity index (χ0n) is 13.9. The Morgan fingerprint density at radius 2 is 2.08 bits per heavy atom. The second kappa shape index (κ2) is 7.18. The van der Waals surface area contributed by atoms with Gasteiger partial charge in [-0.3, -0.25) is 4.79 Å². The molecule has 1 aromatic carbocycles. The average molecular weight is 345 g/mol. The van der Waals surface area contributed by atoms with Crippen LogP contribution >= 0.6 is 11.6 Å². The summed E-state index contributed by atoms with van der Waals surface area (Å²) < 4.78 is 0. The number of piperidine rings is 1. The minimum absolute atomic E-state index is 0.0282. The summed E-state index contributed by atoms with van der Waals surface area (Å²) in [6.45, 7) is 3.40. The maximum absolute atomic E-state index is 12.7. The molecule has 0 saturated carbocycles. The Hall–Kier alpha value is -2.14. The summed E-state index contributed by atoms with van der Waals surface area (Å²) in [6, 6.07) is 7.33. The first-order valence-electron chi connectivity index (χ1n) is 8.11. The number of hydrogen-bond donors (Lipinski definition) is 0. The fraction of sp³-hybridized carbons (Fsp3) is 0.389. The molecule has 0 N–H and O–H groups in total. The number of carbonyl (C=O) groups excluding carboxylic acids is 1. The van der Waals surface area contributed by atoms with Gasteiger partial charge in [-0.05, 0) is 43.5 Å². The zero-order valence-corrected chi connectivity index (χ0v) is 14.7. The Bertz CT molecular complexity index is 719. The van der Waals surface area contributed by atoms with Crippen molar-refractivity contribution in [2.24, 2.45) is 0 Å². The number of aryl methyl sites for hydroxylation is 1. The summed E-state index contributed by atoms with van der Waals surface area (Å²) in [5, 5.41) is 0.583. The lowest BCUT2D eigenvalue weighted by Gasteiger charge is -2.37. The van der Waals surface area contributed by atoms with E-state index < -0.39 is 0 Å². The van der Waals surface area contributed by atoms with Crippen LogP contribution in [0.4, 0.5) is 5.95 Å². The molecule has 5 nitrogen and oxygen atoms in total. The van der Waals surface area contributed by atoms with Gasteiger partial charge in [0, 0.05) is 49.2 Å². The summed E-state index contributed by atoms with van der Waals surface area (Å²) in [4.78, 5) is 25.5. The maximum atomic E-state index is 12.7. The summed E-state index contributed by atoms with van der Waals surface area (Å²) in [7, 11) is 1.99. The van der Waals surface area contributed by atoms with Crippen molar-refractivity contribution in [3.05, 3.63) is 52.8 Å². The topological polar surface area (TPSA) is 49.3 Å². The predicted octanol–water partition coefficient (Wildman–Crippen LogP) is 3.18. The molecule has 1 atom stereocenters. The first-order chi connectivity index (χ1) is 11.5. The molecular formula is C18H21ClN4O. The highest BCUT2D eigenvalue weighted by Crippen LogP contribution is 2.21. The Morgan fingerprint density at radius 1 is 1.33 bits per heavy atom. The van der Waals surface area contributed by atoms with Crippen molar-refractivity contribution in [2.45, 2.75) is 25.8 Å². The van der Waals surface area contributed by atoms with Gasteiger partial charge in [0.25, 0.3) is 5.91 Å². The van der Waals surface area contributed by atoms with Crippen molar-refractivity contribution in [1.82, 2.24) is 14.9 Å². The van der Waals surface area contributed by atoms with Crippen molar-refractivity contribution in [3.63, 3.8) is 0 Å². The number of nitrogens with zero attached hydrogens (tertiary/aromatic N) is 4. The highest BCUT2D eigenvalue weighted by molar-refractivity contribution is 6.30. The molecule has 1 aliphatic heterocycles. The summed E-state index contributed by atoms with van der Waals surface area (Å²) in [5.41, 5.74) is 1.67. The molecular weight excluding hydrogens is 324 g/mol. The minimum atomic E-state index is 0.0282. The molecule has 6 heteroatoms. The highest BCUT2D eigenvalue weighted by Gasteiger charge is 2.28. The second-order valence-electron chi connectivity index (χ2n) is 6.23. The molecule has 0 spiro atoms. The van der Waals surface area contributed by atoms with E-state index >= 15 is 0 Å². The Balaban J connectivity index is 1.72. The third kappa shape index (κ3) is 3.67. The van der Waals surface area contributed by atoms with Crippen LogP contribution in [0.5, 0.6) is 0 Å². The molecule has 0 radical (unpaired) electrons. The van der Waals surface area contributed by atoms with Gasteiger partial charge in [0.2, 0.25) is 5.95 Å². The Morgan fingerprint density at radius 3 is 2.79 bits per heavy atom. The molecule has 2 aromatic rings. The van der Waals surface area contributed by atoms with Gasteiger partial charge in [-0.25, -0.2) is 9.97 Å². The molecule has 126 valence electrons. The van der Waals surface area contributed by atoms with Crippen LogP contribution < -0.4 is 4.90 Å². The van der Waals surface area contributed by atoms with Crippen LogP contribution in [0.15, 0.2) is 36.7 Å². The van der Waals surface area contributed by atoms with Crippen molar-refractivity contribution in [3.8, 4) is 0 Å². The van der Waals surface area contributed by atoms with Crippen LogP contribution in [0.25, 0.3) is 0 Å². The molecule has 1 aliphatic rings. The molecule has 0 aliphatic carbocycles. The van der Waals surface area contributed by atoms with Gasteiger partial charge in [0.15, 0.2) is 0 Å². The van der Waals surface area contributed by atoms with Gasteiger partial charge < -0.3 is 9.80 Å². The lowest BCUT2D eigenvalue weighted by Crippen LogP contribution is -2.49. The van der Waals surface area contributed by atoms with E-state index in [1.807, 2.05) is 43.4 Å². The molecule has 1 amide bonds. The number of aromatic nitrogens is 2. The number of benzene rings is 1. The molecule has 2 heterocycles. The fourth-order valence-electron chi connectivity index (χ4n) is 2.99. The van der Waals surface area contributed by atoms with E-state index in [1.54, 1.807) is 12.1 Å². The zero-order chi connectivity index (χ0) is 17.1. The fourth-order valence-corrected chi connectivity index (χ4v) is 3.18. The first-order valence-corrected chi connectivity index (χ1v) is 8.48. The van der Waals surface area contributed by atoms with E-state index in [4.69, 9.17) is 11.6 Å². The van der Waals surface area contributed by atoms with Gasteiger partial charge in [0.05, 0.1) is 0 Å². The molecule has 24 heavy (non-hydrogen) atoms. The number of likely N-dealkylation sites (N-methyl/N-ethyl adjacent to an activating group) is 1. The smallest absolute Gasteiger partial charge is 0.253 e. The maximum Gasteiger partial charge on any atom is 0.253 e. The number of anilines is 1. The summed E-state index contributed by atoms with van der Waals surface area (Å²) >= 11 is 6.00. The minimum Gasteiger partial charge on any atom is -0.339 e. The molecule has 1 saturated heterocycles. The van der Waals surface area contributed by atoms with E-state index in [2.05, 4.69) is 14.9 Å². The van der Waals surface area contributed by atoms with Crippen molar-refractivity contribution in [1.29, 1.82) is 0 Å². The van der Waals surface area contributed by atoms with Gasteiger partial charge in [-0.1, -0.05) is 17.7 Å². The number of carbonyl (C=O) groups is 1. The van der Waals surface area contributed by atoms with Crippen LogP contribution in [0.1, 0.15) is 28.8 Å². The lowest BCUT2D eigenvalue weighted by atomic mass is 10.0. The van der Waals surface area contributed by atoms with Crippen molar-refractivity contribution in [2.75, 3.05) is 25.0 Å². The number of amides is 1. The SMILES string of the molecule is Cc1cnc(N(C)C2CCCN(C(=O)c3cccc(Cl)c3)C2)nc1. The highest BCUT2D eigenvalue weighted by atomic mass is 35.5. The third-order valence-electron chi connectivity index (χ3n) is 4.39. The van der Waals surface area contributed by atoms with E-state index in [0.717, 1.165) is 24.9 Å². The Kier molecular flexibility index (Phi) is 5.00. The van der Waals surface area contributed by atoms with Crippen molar-refractivity contribution >= 4 is 23.5 Å². The summed E-state index contributed by atoms with van der Waals surface area (Å²) in [6.07, 6.45) is 5.62. The second-order valence-corrected chi connectivity index (χ2v) is 6.67. The number of rotatable bonds is 3. The molecule has 1 aromatic heterocycles. The van der Waals surface area contributed by atoms with Gasteiger partial charge >= 0.3 is 0 Å². The van der Waals surface area contributed by atoms with E-state index in [9.17, 15) is 4.79 Å². The average Bonchev–Trinajstić information content (AvgIpc) is 2.61. The normalized spacial score (nSPS) is 17.6. The standard InChI is InChI=1S/C18H21ClN4O/c1-13-10-20-18(21-11-13)22(2)16-7-4-8-23(12-16)17(24)14-5-3-6-15(19)9-14/h3,5-6,9-11,16H,4,7-8,12H2,1-2H3. The number of likely N-dealkylation sites (tertiary alicyclic amines) is 1. The molecule has 3 rings (SSSR count). The first kappa shape index (κ1) is 16.7. The van der Waals surface area contributed by atoms with Crippen LogP contribution in [-0.4, -0.2) is 47.0 Å². The summed E-state index contributed by atoms with van der Waals surface area (Å²) in [5.74, 6) is 0.725. The van der Waals surface area contributed by atoms with Crippen LogP contribution in [0, 0.1) is 6.92 Å². The monoisotopic (exact) mass is 344 g/mol. The predicted molar refractivity (Wildman–Crippen MR) is 95.5 cm³/mol. The van der Waals surface area contributed by atoms with E-state index in [-0.39, 0.29) is 11.9 Å². The van der Waals surface area contributed by atoms with Gasteiger partial charge in [-0.2, -0.15) is 0 Å². The van der Waals surface area contributed by atoms with Crippen LogP contribution in [-0.2, 0) is 0 Å². The number of halogens is 1. The lowest BCUT2D eigenvalue weighted by molar-refractivity contribution is 0.0707. The van der Waals surface area contributed by atoms with Crippen molar-refractivity contribution < 1.29 is 4.79 Å².